The van der Waals surface area contributed by atoms with Crippen LogP contribution in [0.1, 0.15) is 69.1 Å². The predicted molar refractivity (Wildman–Crippen MR) is 129 cm³/mol. The first-order chi connectivity index (χ1) is 17.9. The zero-order valence-corrected chi connectivity index (χ0v) is 22.0. The molecule has 3 aliphatic rings. The Bertz CT molecular complexity index is 1020. The smallest absolute Gasteiger partial charge is 0.393 e. The van der Waals surface area contributed by atoms with Crippen molar-refractivity contribution in [1.82, 2.24) is 10.6 Å². The van der Waals surface area contributed by atoms with Gasteiger partial charge in [-0.25, -0.2) is 0 Å². The first kappa shape index (κ1) is 30.1. The van der Waals surface area contributed by atoms with Gasteiger partial charge in [0.1, 0.15) is 0 Å². The number of ether oxygens (including phenoxy) is 1. The maximum Gasteiger partial charge on any atom is 0.416 e. The topological polar surface area (TPSA) is 90.8 Å². The van der Waals surface area contributed by atoms with Gasteiger partial charge in [-0.2, -0.15) is 26.3 Å². The lowest BCUT2D eigenvalue weighted by Gasteiger charge is -2.47. The molecule has 1 heterocycles. The van der Waals surface area contributed by atoms with Crippen molar-refractivity contribution in [1.29, 1.82) is 0 Å². The van der Waals surface area contributed by atoms with E-state index in [4.69, 9.17) is 4.74 Å². The van der Waals surface area contributed by atoms with Crippen LogP contribution in [0.2, 0.25) is 0 Å². The lowest BCUT2D eigenvalue weighted by atomic mass is 9.67. The lowest BCUT2D eigenvalue weighted by molar-refractivity contribution is -0.146. The van der Waals surface area contributed by atoms with E-state index in [-0.39, 0.29) is 41.5 Å². The highest BCUT2D eigenvalue weighted by Crippen LogP contribution is 2.48. The van der Waals surface area contributed by atoms with Crippen molar-refractivity contribution in [2.45, 2.75) is 89.0 Å². The molecule has 2 bridgehead atoms. The predicted octanol–water partition coefficient (Wildman–Crippen LogP) is 4.42. The highest BCUT2D eigenvalue weighted by Gasteiger charge is 2.55. The van der Waals surface area contributed by atoms with Gasteiger partial charge in [0.15, 0.2) is 0 Å². The Kier molecular flexibility index (Phi) is 8.10. The quantitative estimate of drug-likeness (QED) is 0.367. The van der Waals surface area contributed by atoms with Gasteiger partial charge in [-0.3, -0.25) is 4.79 Å². The first-order valence-electron chi connectivity index (χ1n) is 13.2. The van der Waals surface area contributed by atoms with Gasteiger partial charge in [0.25, 0.3) is 0 Å². The summed E-state index contributed by atoms with van der Waals surface area (Å²) in [4.78, 5) is 13.4. The minimum Gasteiger partial charge on any atom is -0.393 e. The molecule has 0 radical (unpaired) electrons. The molecule has 2 aliphatic carbocycles. The summed E-state index contributed by atoms with van der Waals surface area (Å²) in [6.45, 7) is 4.15. The van der Waals surface area contributed by atoms with E-state index in [1.807, 2.05) is 0 Å². The number of nitrogens with one attached hydrogen (secondary N) is 2. The normalized spacial score (nSPS) is 31.8. The summed E-state index contributed by atoms with van der Waals surface area (Å²) in [5.41, 5.74) is -6.14. The third-order valence-electron chi connectivity index (χ3n) is 8.94. The summed E-state index contributed by atoms with van der Waals surface area (Å²) >= 11 is 0. The summed E-state index contributed by atoms with van der Waals surface area (Å²) in [5, 5.41) is 27.2. The second-order valence-electron chi connectivity index (χ2n) is 12.1. The number of benzene rings is 1. The van der Waals surface area contributed by atoms with E-state index in [2.05, 4.69) is 10.6 Å². The molecule has 1 aromatic rings. The second-order valence-corrected chi connectivity index (χ2v) is 12.1. The molecule has 1 aliphatic heterocycles. The molecule has 4 rings (SSSR count). The minimum absolute atomic E-state index is 0.0446. The molecule has 39 heavy (non-hydrogen) atoms. The van der Waals surface area contributed by atoms with Gasteiger partial charge < -0.3 is 25.6 Å². The zero-order chi connectivity index (χ0) is 28.9. The summed E-state index contributed by atoms with van der Waals surface area (Å²) in [6.07, 6.45) is -6.91. The monoisotopic (exact) mass is 566 g/mol. The molecular formula is C27H36F6N2O4. The average Bonchev–Trinajstić information content (AvgIpc) is 3.29. The number of carbonyl (C=O) groups is 1. The number of alkyl halides is 6. The molecule has 0 spiro atoms. The molecule has 4 N–H and O–H groups in total. The Morgan fingerprint density at radius 1 is 1.03 bits per heavy atom. The maximum atomic E-state index is 13.4. The zero-order valence-electron chi connectivity index (χ0n) is 22.0. The van der Waals surface area contributed by atoms with E-state index < -0.39 is 46.9 Å². The van der Waals surface area contributed by atoms with Crippen LogP contribution >= 0.6 is 0 Å². The van der Waals surface area contributed by atoms with Crippen molar-refractivity contribution in [2.75, 3.05) is 19.8 Å². The molecule has 3 unspecified atom stereocenters. The Morgan fingerprint density at radius 3 is 2.26 bits per heavy atom. The number of hydrogen-bond acceptors (Lipinski definition) is 5. The highest BCUT2D eigenvalue weighted by molar-refractivity contribution is 5.84. The van der Waals surface area contributed by atoms with Crippen molar-refractivity contribution in [3.8, 4) is 0 Å². The maximum absolute atomic E-state index is 13.4. The number of hydrogen-bond donors (Lipinski definition) is 4. The van der Waals surface area contributed by atoms with Gasteiger partial charge in [0.2, 0.25) is 5.91 Å². The highest BCUT2D eigenvalue weighted by atomic mass is 19.4. The molecular weight excluding hydrogens is 530 g/mol. The Morgan fingerprint density at radius 2 is 1.67 bits per heavy atom. The van der Waals surface area contributed by atoms with Crippen LogP contribution in [-0.4, -0.2) is 53.6 Å². The van der Waals surface area contributed by atoms with Crippen LogP contribution in [0.3, 0.4) is 0 Å². The van der Waals surface area contributed by atoms with Gasteiger partial charge in [0.05, 0.1) is 41.5 Å². The van der Waals surface area contributed by atoms with Crippen LogP contribution in [0.4, 0.5) is 26.3 Å². The number of rotatable bonds is 7. The SMILES string of the molecule is CC(C)(O)[C@]1(C(=O)NCc2cc(C(F)(F)F)cc(C(F)(F)F)c2)CC[C@@H](NCC23CCC(O)C(COC2)C3)C1. The molecule has 3 fully saturated rings. The standard InChI is InChI=1S/C27H36F6N2O4/c1-23(2,38)25(6-3-20(11-25)35-14-24-5-4-21(36)17(10-24)13-39-15-24)22(37)34-12-16-7-18(26(28,29)30)9-19(8-16)27(31,32)33/h7-9,17,20-21,35-36,38H,3-6,10-15H2,1-2H3,(H,34,37)/t17?,20-,21?,24?,25-/m1/s1. The van der Waals surface area contributed by atoms with E-state index in [0.29, 0.717) is 51.2 Å². The Balaban J connectivity index is 1.45. The molecule has 12 heteroatoms. The fraction of sp³-hybridized carbons (Fsp3) is 0.741. The van der Waals surface area contributed by atoms with E-state index in [1.165, 1.54) is 13.8 Å². The van der Waals surface area contributed by atoms with Gasteiger partial charge in [0, 0.05) is 30.5 Å². The molecule has 1 aromatic carbocycles. The van der Waals surface area contributed by atoms with Crippen LogP contribution in [0.5, 0.6) is 0 Å². The summed E-state index contributed by atoms with van der Waals surface area (Å²) in [6, 6.07) is 1.09. The van der Waals surface area contributed by atoms with Crippen LogP contribution in [0, 0.1) is 16.7 Å². The minimum atomic E-state index is -4.99. The van der Waals surface area contributed by atoms with Gasteiger partial charge in [-0.05, 0) is 76.1 Å². The Labute approximate surface area is 223 Å². The molecule has 1 amide bonds. The van der Waals surface area contributed by atoms with Crippen molar-refractivity contribution in [3.05, 3.63) is 34.9 Å². The first-order valence-corrected chi connectivity index (χ1v) is 13.2. The fourth-order valence-electron chi connectivity index (χ4n) is 6.52. The van der Waals surface area contributed by atoms with Crippen molar-refractivity contribution in [2.24, 2.45) is 16.7 Å². The number of aliphatic hydroxyl groups excluding tert-OH is 1. The van der Waals surface area contributed by atoms with Crippen LogP contribution in [0.15, 0.2) is 18.2 Å². The third-order valence-corrected chi connectivity index (χ3v) is 8.94. The average molecular weight is 567 g/mol. The van der Waals surface area contributed by atoms with Crippen LogP contribution in [0.25, 0.3) is 0 Å². The number of aliphatic hydroxyl groups is 2. The van der Waals surface area contributed by atoms with Crippen molar-refractivity contribution < 1.29 is 46.1 Å². The Hall–Kier alpha value is -1.89. The number of carbonyl (C=O) groups excluding carboxylic acids is 1. The number of halogens is 6. The van der Waals surface area contributed by atoms with E-state index in [9.17, 15) is 41.4 Å². The molecule has 0 aromatic heterocycles. The fourth-order valence-corrected chi connectivity index (χ4v) is 6.52. The van der Waals surface area contributed by atoms with Gasteiger partial charge in [-0.15, -0.1) is 0 Å². The second kappa shape index (κ2) is 10.5. The molecule has 2 saturated carbocycles. The van der Waals surface area contributed by atoms with Crippen LogP contribution in [-0.2, 0) is 28.4 Å². The largest absolute Gasteiger partial charge is 0.416 e. The molecule has 220 valence electrons. The van der Waals surface area contributed by atoms with Crippen molar-refractivity contribution >= 4 is 5.91 Å². The van der Waals surface area contributed by atoms with Gasteiger partial charge >= 0.3 is 12.4 Å². The third kappa shape index (κ3) is 6.39. The number of amides is 1. The van der Waals surface area contributed by atoms with Crippen LogP contribution < -0.4 is 10.6 Å². The van der Waals surface area contributed by atoms with Gasteiger partial charge in [-0.1, -0.05) is 0 Å². The summed E-state index contributed by atoms with van der Waals surface area (Å²) < 4.78 is 85.1. The van der Waals surface area contributed by atoms with Crippen molar-refractivity contribution in [3.63, 3.8) is 0 Å². The lowest BCUT2D eigenvalue weighted by Crippen LogP contribution is -2.54. The molecule has 1 saturated heterocycles. The summed E-state index contributed by atoms with van der Waals surface area (Å²) in [5.74, 6) is -0.530. The number of fused-ring (bicyclic) bond motifs is 2. The van der Waals surface area contributed by atoms with E-state index in [1.54, 1.807) is 0 Å². The summed E-state index contributed by atoms with van der Waals surface area (Å²) in [7, 11) is 0. The molecule has 6 nitrogen and oxygen atoms in total. The molecule has 5 atom stereocenters. The van der Waals surface area contributed by atoms with E-state index >= 15 is 0 Å². The van der Waals surface area contributed by atoms with E-state index in [0.717, 1.165) is 12.8 Å².